The van der Waals surface area contributed by atoms with Crippen molar-refractivity contribution >= 4 is 11.8 Å². The summed E-state index contributed by atoms with van der Waals surface area (Å²) >= 11 is 0. The summed E-state index contributed by atoms with van der Waals surface area (Å²) in [5.41, 5.74) is 3.20. The van der Waals surface area contributed by atoms with Crippen LogP contribution in [0, 0.1) is 5.41 Å². The third-order valence-corrected chi connectivity index (χ3v) is 4.63. The van der Waals surface area contributed by atoms with Crippen LogP contribution in [-0.2, 0) is 11.3 Å². The van der Waals surface area contributed by atoms with Crippen LogP contribution in [0.5, 0.6) is 5.75 Å². The molecule has 0 aliphatic carbocycles. The van der Waals surface area contributed by atoms with Gasteiger partial charge in [0.05, 0.1) is 12.6 Å². The Morgan fingerprint density at radius 1 is 1.15 bits per heavy atom. The zero-order chi connectivity index (χ0) is 19.6. The van der Waals surface area contributed by atoms with E-state index in [0.29, 0.717) is 17.9 Å². The van der Waals surface area contributed by atoms with Gasteiger partial charge in [-0.2, -0.15) is 0 Å². The lowest BCUT2D eigenvalue weighted by Crippen LogP contribution is -2.42. The Hall–Kier alpha value is -2.86. The third kappa shape index (κ3) is 3.95. The Morgan fingerprint density at radius 3 is 2.48 bits per heavy atom. The van der Waals surface area contributed by atoms with E-state index in [9.17, 15) is 9.59 Å². The molecule has 142 valence electrons. The van der Waals surface area contributed by atoms with Crippen LogP contribution in [0.25, 0.3) is 0 Å². The molecule has 2 N–H and O–H groups in total. The second-order valence-electron chi connectivity index (χ2n) is 7.68. The molecule has 0 spiro atoms. The van der Waals surface area contributed by atoms with Crippen LogP contribution in [0.1, 0.15) is 48.3 Å². The Kier molecular flexibility index (Phi) is 5.19. The van der Waals surface area contributed by atoms with Crippen LogP contribution in [-0.4, -0.2) is 28.5 Å². The zero-order valence-corrected chi connectivity index (χ0v) is 15.7. The minimum atomic E-state index is -0.604. The van der Waals surface area contributed by atoms with Crippen LogP contribution in [0.4, 0.5) is 0 Å². The van der Waals surface area contributed by atoms with Gasteiger partial charge in [-0.15, -0.1) is 0 Å². The van der Waals surface area contributed by atoms with Crippen LogP contribution in [0.3, 0.4) is 0 Å². The first-order valence-corrected chi connectivity index (χ1v) is 8.87. The summed E-state index contributed by atoms with van der Waals surface area (Å²) < 4.78 is 5.99. The number of hydroxylamine groups is 1. The zero-order valence-electron chi connectivity index (χ0n) is 15.7. The van der Waals surface area contributed by atoms with E-state index in [0.717, 1.165) is 11.1 Å². The van der Waals surface area contributed by atoms with Gasteiger partial charge in [-0.25, -0.2) is 5.48 Å². The van der Waals surface area contributed by atoms with Gasteiger partial charge in [0.2, 0.25) is 5.91 Å². The molecule has 1 heterocycles. The second-order valence-corrected chi connectivity index (χ2v) is 7.68. The van der Waals surface area contributed by atoms with Gasteiger partial charge in [0.1, 0.15) is 12.4 Å². The number of nitrogens with one attached hydrogen (secondary N) is 1. The van der Waals surface area contributed by atoms with Crippen molar-refractivity contribution in [3.63, 3.8) is 0 Å². The molecule has 6 heteroatoms. The van der Waals surface area contributed by atoms with Crippen LogP contribution >= 0.6 is 0 Å². The first-order valence-electron chi connectivity index (χ1n) is 8.87. The van der Waals surface area contributed by atoms with Crippen molar-refractivity contribution in [1.29, 1.82) is 0 Å². The first kappa shape index (κ1) is 18.9. The standard InChI is InChI=1S/C21H24N2O4/c1-21(2,3)20(25)23-12-16-10-9-15(19(24)22-26)11-18(16)27-13-17(23)14-7-5-4-6-8-14/h4-11,17,26H,12-13H2,1-3H3,(H,22,24)/t17-/m1/s1. The van der Waals surface area contributed by atoms with Crippen molar-refractivity contribution in [3.8, 4) is 5.75 Å². The fourth-order valence-corrected chi connectivity index (χ4v) is 3.17. The fourth-order valence-electron chi connectivity index (χ4n) is 3.17. The third-order valence-electron chi connectivity index (χ3n) is 4.63. The first-order chi connectivity index (χ1) is 12.8. The molecule has 2 aromatic rings. The highest BCUT2D eigenvalue weighted by Crippen LogP contribution is 2.35. The fraction of sp³-hybridized carbons (Fsp3) is 0.333. The predicted molar refractivity (Wildman–Crippen MR) is 100 cm³/mol. The average Bonchev–Trinajstić information content (AvgIpc) is 2.85. The van der Waals surface area contributed by atoms with Gasteiger partial charge in [-0.3, -0.25) is 14.8 Å². The molecule has 1 aliphatic heterocycles. The molecule has 1 aliphatic rings. The molecule has 0 saturated carbocycles. The van der Waals surface area contributed by atoms with Crippen molar-refractivity contribution in [3.05, 3.63) is 65.2 Å². The number of hydrogen-bond donors (Lipinski definition) is 2. The molecule has 6 nitrogen and oxygen atoms in total. The molecule has 0 saturated heterocycles. The lowest BCUT2D eigenvalue weighted by atomic mass is 9.92. The van der Waals surface area contributed by atoms with Crippen molar-refractivity contribution in [1.82, 2.24) is 10.4 Å². The highest BCUT2D eigenvalue weighted by Gasteiger charge is 2.35. The van der Waals surface area contributed by atoms with Crippen molar-refractivity contribution in [2.75, 3.05) is 6.61 Å². The normalized spacial score (nSPS) is 16.7. The molecular weight excluding hydrogens is 344 g/mol. The summed E-state index contributed by atoms with van der Waals surface area (Å²) in [5.74, 6) is -0.0286. The number of benzene rings is 2. The quantitative estimate of drug-likeness (QED) is 0.630. The van der Waals surface area contributed by atoms with E-state index < -0.39 is 11.3 Å². The molecule has 0 aromatic heterocycles. The average molecular weight is 368 g/mol. The van der Waals surface area contributed by atoms with E-state index in [4.69, 9.17) is 9.94 Å². The van der Waals surface area contributed by atoms with E-state index in [2.05, 4.69) is 0 Å². The monoisotopic (exact) mass is 368 g/mol. The molecule has 0 fully saturated rings. The van der Waals surface area contributed by atoms with E-state index in [1.165, 1.54) is 0 Å². The van der Waals surface area contributed by atoms with Gasteiger partial charge < -0.3 is 9.64 Å². The summed E-state index contributed by atoms with van der Waals surface area (Å²) in [6.07, 6.45) is 0. The second kappa shape index (κ2) is 7.40. The smallest absolute Gasteiger partial charge is 0.274 e. The number of hydrogen-bond acceptors (Lipinski definition) is 4. The SMILES string of the molecule is CC(C)(C)C(=O)N1Cc2ccc(C(=O)NO)cc2OC[C@@H]1c1ccccc1. The van der Waals surface area contributed by atoms with Gasteiger partial charge in [0, 0.05) is 16.5 Å². The van der Waals surface area contributed by atoms with Gasteiger partial charge in [0.25, 0.3) is 5.91 Å². The molecule has 3 rings (SSSR count). The van der Waals surface area contributed by atoms with Crippen molar-refractivity contribution < 1.29 is 19.5 Å². The minimum Gasteiger partial charge on any atom is -0.491 e. The highest BCUT2D eigenvalue weighted by molar-refractivity contribution is 5.93. The molecule has 2 aromatic carbocycles. The Bertz CT molecular complexity index is 843. The summed E-state index contributed by atoms with van der Waals surface area (Å²) in [7, 11) is 0. The number of amides is 2. The van der Waals surface area contributed by atoms with E-state index in [1.54, 1.807) is 23.7 Å². The van der Waals surface area contributed by atoms with Gasteiger partial charge in [0.15, 0.2) is 0 Å². The number of rotatable bonds is 2. The largest absolute Gasteiger partial charge is 0.491 e. The number of fused-ring (bicyclic) bond motifs is 1. The maximum atomic E-state index is 13.2. The van der Waals surface area contributed by atoms with E-state index >= 15 is 0 Å². The number of nitrogens with zero attached hydrogens (tertiary/aromatic N) is 1. The van der Waals surface area contributed by atoms with Gasteiger partial charge in [-0.05, 0) is 17.7 Å². The van der Waals surface area contributed by atoms with E-state index in [-0.39, 0.29) is 18.6 Å². The van der Waals surface area contributed by atoms with Crippen LogP contribution < -0.4 is 10.2 Å². The Balaban J connectivity index is 2.02. The summed E-state index contributed by atoms with van der Waals surface area (Å²) in [5, 5.41) is 8.85. The van der Waals surface area contributed by atoms with Crippen LogP contribution in [0.2, 0.25) is 0 Å². The molecule has 1 atom stereocenters. The lowest BCUT2D eigenvalue weighted by Gasteiger charge is -2.34. The number of carbonyl (C=O) groups is 2. The maximum absolute atomic E-state index is 13.2. The minimum absolute atomic E-state index is 0.0324. The molecular formula is C21H24N2O4. The van der Waals surface area contributed by atoms with Crippen molar-refractivity contribution in [2.24, 2.45) is 5.41 Å². The molecule has 27 heavy (non-hydrogen) atoms. The lowest BCUT2D eigenvalue weighted by molar-refractivity contribution is -0.143. The van der Waals surface area contributed by atoms with Crippen LogP contribution in [0.15, 0.2) is 48.5 Å². The van der Waals surface area contributed by atoms with Gasteiger partial charge in [-0.1, -0.05) is 57.2 Å². The molecule has 0 unspecified atom stereocenters. The summed E-state index contributed by atoms with van der Waals surface area (Å²) in [6, 6.07) is 14.5. The maximum Gasteiger partial charge on any atom is 0.274 e. The molecule has 0 bridgehead atoms. The number of ether oxygens (including phenoxy) is 1. The summed E-state index contributed by atoms with van der Waals surface area (Å²) in [6.45, 7) is 6.37. The van der Waals surface area contributed by atoms with Gasteiger partial charge >= 0.3 is 0 Å². The van der Waals surface area contributed by atoms with Crippen molar-refractivity contribution in [2.45, 2.75) is 33.4 Å². The van der Waals surface area contributed by atoms with E-state index in [1.807, 2.05) is 56.0 Å². The number of carbonyl (C=O) groups excluding carboxylic acids is 2. The Morgan fingerprint density at radius 2 is 1.85 bits per heavy atom. The Labute approximate surface area is 158 Å². The molecule has 0 radical (unpaired) electrons. The topological polar surface area (TPSA) is 78.9 Å². The molecule has 2 amide bonds. The highest BCUT2D eigenvalue weighted by atomic mass is 16.5. The predicted octanol–water partition coefficient (Wildman–Crippen LogP) is 3.31. The summed E-state index contributed by atoms with van der Waals surface area (Å²) in [4.78, 5) is 26.7.